The number of methoxy groups -OCH3 is 3. The molecule has 1 heterocycles. The molecule has 0 saturated carbocycles. The highest BCUT2D eigenvalue weighted by Crippen LogP contribution is 2.38. The van der Waals surface area contributed by atoms with E-state index in [1.165, 1.54) is 33.1 Å². The van der Waals surface area contributed by atoms with Crippen molar-refractivity contribution in [2.75, 3.05) is 39.0 Å². The first-order valence-corrected chi connectivity index (χ1v) is 15.0. The number of aromatic nitrogens is 3. The molecule has 3 aromatic carbocycles. The number of hydrogen-bond donors (Lipinski definition) is 2. The van der Waals surface area contributed by atoms with Crippen LogP contribution in [0.5, 0.6) is 17.2 Å². The Labute approximate surface area is 265 Å². The number of aryl methyl sites for hydroxylation is 2. The van der Waals surface area contributed by atoms with Crippen molar-refractivity contribution in [3.05, 3.63) is 82.7 Å². The molecule has 0 atom stereocenters. The first-order chi connectivity index (χ1) is 21.7. The lowest BCUT2D eigenvalue weighted by Gasteiger charge is -2.15. The molecular weight excluding hydrogens is 598 g/mol. The summed E-state index contributed by atoms with van der Waals surface area (Å²) in [6.07, 6.45) is 0. The molecule has 0 aliphatic rings. The Bertz CT molecular complexity index is 1660. The number of anilines is 1. The van der Waals surface area contributed by atoms with Crippen molar-refractivity contribution in [2.24, 2.45) is 0 Å². The second kappa shape index (κ2) is 15.1. The van der Waals surface area contributed by atoms with E-state index in [0.717, 1.165) is 16.8 Å². The summed E-state index contributed by atoms with van der Waals surface area (Å²) in [6, 6.07) is 15.6. The normalized spacial score (nSPS) is 10.6. The van der Waals surface area contributed by atoms with Crippen molar-refractivity contribution in [3.8, 4) is 22.9 Å². The zero-order valence-corrected chi connectivity index (χ0v) is 26.7. The fourth-order valence-corrected chi connectivity index (χ4v) is 5.18. The third-order valence-electron chi connectivity index (χ3n) is 6.65. The van der Waals surface area contributed by atoms with Crippen LogP contribution in [-0.4, -0.2) is 66.2 Å². The number of rotatable bonds is 13. The largest absolute Gasteiger partial charge is 0.493 e. The number of esters is 1. The Hall–Kier alpha value is -5.04. The van der Waals surface area contributed by atoms with Gasteiger partial charge in [0.1, 0.15) is 0 Å². The van der Waals surface area contributed by atoms with E-state index in [1.54, 1.807) is 43.3 Å². The first-order valence-electron chi connectivity index (χ1n) is 14.0. The van der Waals surface area contributed by atoms with Gasteiger partial charge in [0.25, 0.3) is 5.91 Å². The van der Waals surface area contributed by atoms with E-state index >= 15 is 0 Å². The number of ether oxygens (including phenoxy) is 4. The third kappa shape index (κ3) is 7.92. The summed E-state index contributed by atoms with van der Waals surface area (Å²) >= 11 is 1.21. The molecule has 0 saturated heterocycles. The van der Waals surface area contributed by atoms with Gasteiger partial charge in [0, 0.05) is 11.3 Å². The summed E-state index contributed by atoms with van der Waals surface area (Å²) in [5.74, 6) is 0.532. The molecule has 45 heavy (non-hydrogen) atoms. The molecule has 4 aromatic rings. The van der Waals surface area contributed by atoms with Crippen LogP contribution < -0.4 is 24.8 Å². The molecule has 0 unspecified atom stereocenters. The lowest BCUT2D eigenvalue weighted by Crippen LogP contribution is -2.25. The SMILES string of the molecule is CCOC(=O)c1ccc(NC(=O)CSc2nnc(CNC(=O)c3cc(OC)c(OC)c(OC)c3)n2-c2cc(C)ccc2C)cc1. The number of thioether (sulfide) groups is 1. The maximum Gasteiger partial charge on any atom is 0.338 e. The van der Waals surface area contributed by atoms with E-state index in [4.69, 9.17) is 18.9 Å². The minimum absolute atomic E-state index is 0.0421. The van der Waals surface area contributed by atoms with Crippen LogP contribution in [0, 0.1) is 13.8 Å². The van der Waals surface area contributed by atoms with Crippen molar-refractivity contribution in [3.63, 3.8) is 0 Å². The highest BCUT2D eigenvalue weighted by Gasteiger charge is 2.21. The number of carbonyl (C=O) groups is 3. The number of carbonyl (C=O) groups excluding carboxylic acids is 3. The number of amides is 2. The second-order valence-corrected chi connectivity index (χ2v) is 10.7. The fraction of sp³-hybridized carbons (Fsp3) is 0.281. The number of hydrogen-bond acceptors (Lipinski definition) is 10. The van der Waals surface area contributed by atoms with Gasteiger partial charge in [0.2, 0.25) is 11.7 Å². The molecule has 4 rings (SSSR count). The number of nitrogens with zero attached hydrogens (tertiary/aromatic N) is 3. The molecule has 0 spiro atoms. The van der Waals surface area contributed by atoms with Crippen molar-refractivity contribution in [1.29, 1.82) is 0 Å². The molecule has 0 bridgehead atoms. The Kier molecular flexibility index (Phi) is 11.0. The molecular formula is C32H35N5O7S. The van der Waals surface area contributed by atoms with E-state index in [9.17, 15) is 14.4 Å². The molecule has 236 valence electrons. The fourth-order valence-electron chi connectivity index (χ4n) is 4.42. The topological polar surface area (TPSA) is 143 Å². The van der Waals surface area contributed by atoms with Gasteiger partial charge in [-0.1, -0.05) is 23.9 Å². The highest BCUT2D eigenvalue weighted by molar-refractivity contribution is 7.99. The molecule has 0 aliphatic carbocycles. The van der Waals surface area contributed by atoms with Crippen LogP contribution in [0.4, 0.5) is 5.69 Å². The lowest BCUT2D eigenvalue weighted by atomic mass is 10.1. The Balaban J connectivity index is 1.52. The summed E-state index contributed by atoms with van der Waals surface area (Å²) in [5.41, 5.74) is 4.07. The summed E-state index contributed by atoms with van der Waals surface area (Å²) in [5, 5.41) is 14.9. The standard InChI is InChI=1S/C32H35N5O7S/c1-7-44-31(40)21-10-12-23(13-11-21)34-28(38)18-45-32-36-35-27(37(32)24-14-19(2)8-9-20(24)3)17-33-30(39)22-15-25(41-4)29(43-6)26(16-22)42-5/h8-16H,7,17-18H2,1-6H3,(H,33,39)(H,34,38). The van der Waals surface area contributed by atoms with Crippen LogP contribution in [0.1, 0.15) is 44.6 Å². The summed E-state index contributed by atoms with van der Waals surface area (Å²) in [6.45, 7) is 6.01. The van der Waals surface area contributed by atoms with E-state index in [2.05, 4.69) is 20.8 Å². The zero-order valence-electron chi connectivity index (χ0n) is 25.9. The van der Waals surface area contributed by atoms with Gasteiger partial charge in [-0.05, 0) is 74.4 Å². The Morgan fingerprint density at radius 2 is 1.56 bits per heavy atom. The van der Waals surface area contributed by atoms with Gasteiger partial charge in [0.15, 0.2) is 22.5 Å². The maximum atomic E-state index is 13.2. The van der Waals surface area contributed by atoms with E-state index < -0.39 is 5.97 Å². The van der Waals surface area contributed by atoms with E-state index in [-0.39, 0.29) is 30.7 Å². The lowest BCUT2D eigenvalue weighted by molar-refractivity contribution is -0.113. The average Bonchev–Trinajstić information content (AvgIpc) is 3.45. The van der Waals surface area contributed by atoms with Gasteiger partial charge in [-0.3, -0.25) is 14.2 Å². The predicted molar refractivity (Wildman–Crippen MR) is 170 cm³/mol. The zero-order chi connectivity index (χ0) is 32.5. The van der Waals surface area contributed by atoms with Gasteiger partial charge in [-0.25, -0.2) is 4.79 Å². The van der Waals surface area contributed by atoms with Gasteiger partial charge >= 0.3 is 5.97 Å². The summed E-state index contributed by atoms with van der Waals surface area (Å²) in [7, 11) is 4.45. The van der Waals surface area contributed by atoms with Crippen molar-refractivity contribution in [2.45, 2.75) is 32.5 Å². The van der Waals surface area contributed by atoms with Gasteiger partial charge in [-0.2, -0.15) is 0 Å². The van der Waals surface area contributed by atoms with Crippen LogP contribution in [0.15, 0.2) is 59.8 Å². The van der Waals surface area contributed by atoms with Crippen LogP contribution in [0.2, 0.25) is 0 Å². The molecule has 12 nitrogen and oxygen atoms in total. The van der Waals surface area contributed by atoms with Gasteiger partial charge in [-0.15, -0.1) is 10.2 Å². The maximum absolute atomic E-state index is 13.2. The summed E-state index contributed by atoms with van der Waals surface area (Å²) in [4.78, 5) is 37.9. The monoisotopic (exact) mass is 633 g/mol. The molecule has 0 fully saturated rings. The van der Waals surface area contributed by atoms with E-state index in [0.29, 0.717) is 45.0 Å². The van der Waals surface area contributed by atoms with Gasteiger partial charge in [0.05, 0.1) is 51.5 Å². The number of benzene rings is 3. The molecule has 2 amide bonds. The Morgan fingerprint density at radius 1 is 0.867 bits per heavy atom. The van der Waals surface area contributed by atoms with E-state index in [1.807, 2.05) is 36.6 Å². The van der Waals surface area contributed by atoms with Gasteiger partial charge < -0.3 is 29.6 Å². The van der Waals surface area contributed by atoms with Crippen LogP contribution in [0.25, 0.3) is 5.69 Å². The smallest absolute Gasteiger partial charge is 0.338 e. The second-order valence-electron chi connectivity index (χ2n) is 9.76. The molecule has 1 aromatic heterocycles. The Morgan fingerprint density at radius 3 is 2.18 bits per heavy atom. The average molecular weight is 634 g/mol. The quantitative estimate of drug-likeness (QED) is 0.156. The van der Waals surface area contributed by atoms with Crippen LogP contribution in [0.3, 0.4) is 0 Å². The van der Waals surface area contributed by atoms with Crippen molar-refractivity contribution < 1.29 is 33.3 Å². The first kappa shape index (κ1) is 32.9. The van der Waals surface area contributed by atoms with Crippen molar-refractivity contribution >= 4 is 35.2 Å². The third-order valence-corrected chi connectivity index (χ3v) is 7.58. The minimum Gasteiger partial charge on any atom is -0.493 e. The molecule has 0 aliphatic heterocycles. The van der Waals surface area contributed by atoms with Crippen LogP contribution >= 0.6 is 11.8 Å². The molecule has 13 heteroatoms. The number of nitrogens with one attached hydrogen (secondary N) is 2. The minimum atomic E-state index is -0.424. The molecule has 2 N–H and O–H groups in total. The van der Waals surface area contributed by atoms with Crippen molar-refractivity contribution in [1.82, 2.24) is 20.1 Å². The van der Waals surface area contributed by atoms with Crippen LogP contribution in [-0.2, 0) is 16.1 Å². The highest BCUT2D eigenvalue weighted by atomic mass is 32.2. The molecule has 0 radical (unpaired) electrons. The summed E-state index contributed by atoms with van der Waals surface area (Å²) < 4.78 is 22.9. The predicted octanol–water partition coefficient (Wildman–Crippen LogP) is 4.75.